The molecule has 0 aliphatic carbocycles. The van der Waals surface area contributed by atoms with Crippen LogP contribution in [0.2, 0.25) is 10.0 Å². The lowest BCUT2D eigenvalue weighted by molar-refractivity contribution is -0.151. The van der Waals surface area contributed by atoms with Crippen molar-refractivity contribution in [3.63, 3.8) is 0 Å². The number of amides is 1. The van der Waals surface area contributed by atoms with Gasteiger partial charge in [-0.25, -0.2) is 0 Å². The highest BCUT2D eigenvalue weighted by Crippen LogP contribution is 2.39. The number of aromatic nitrogens is 3. The summed E-state index contributed by atoms with van der Waals surface area (Å²) in [5.74, 6) is -0.822. The Bertz CT molecular complexity index is 2240. The number of hydrogen-bond donors (Lipinski definition) is 2. The maximum absolute atomic E-state index is 13.5. The molecular formula is C39H38Cl2N6O5. The molecule has 5 aromatic rings. The van der Waals surface area contributed by atoms with Crippen molar-refractivity contribution in [2.75, 3.05) is 38.6 Å². The van der Waals surface area contributed by atoms with Gasteiger partial charge in [-0.1, -0.05) is 53.5 Å². The van der Waals surface area contributed by atoms with E-state index in [4.69, 9.17) is 32.9 Å². The molecule has 13 heteroatoms. The number of esters is 1. The average Bonchev–Trinajstić information content (AvgIpc) is 3.53. The monoisotopic (exact) mass is 740 g/mol. The number of aliphatic hydroxyl groups is 1. The minimum Gasteiger partial charge on any atom is -0.469 e. The highest BCUT2D eigenvalue weighted by Gasteiger charge is 2.33. The van der Waals surface area contributed by atoms with Crippen molar-refractivity contribution < 1.29 is 19.4 Å². The number of benzene rings is 2. The quantitative estimate of drug-likeness (QED) is 0.183. The summed E-state index contributed by atoms with van der Waals surface area (Å²) in [5, 5.41) is 14.5. The maximum Gasteiger partial charge on any atom is 0.311 e. The topological polar surface area (TPSA) is 130 Å². The Labute approximate surface area is 310 Å². The third-order valence-corrected chi connectivity index (χ3v) is 10.6. The molecule has 11 nitrogen and oxygen atoms in total. The number of methoxy groups -OCH3 is 1. The zero-order valence-electron chi connectivity index (χ0n) is 28.8. The van der Waals surface area contributed by atoms with E-state index in [2.05, 4.69) is 26.2 Å². The van der Waals surface area contributed by atoms with Crippen molar-refractivity contribution in [2.24, 2.45) is 13.0 Å². The van der Waals surface area contributed by atoms with E-state index in [0.29, 0.717) is 67.4 Å². The number of pyridine rings is 3. The first-order valence-electron chi connectivity index (χ1n) is 17.1. The summed E-state index contributed by atoms with van der Waals surface area (Å²) in [5.41, 5.74) is 5.44. The van der Waals surface area contributed by atoms with E-state index in [1.54, 1.807) is 37.6 Å². The van der Waals surface area contributed by atoms with Gasteiger partial charge in [0.2, 0.25) is 0 Å². The molecule has 2 N–H and O–H groups in total. The van der Waals surface area contributed by atoms with Gasteiger partial charge in [-0.3, -0.25) is 34.2 Å². The number of nitrogens with one attached hydrogen (secondary N) is 1. The normalized spacial score (nSPS) is 16.6. The van der Waals surface area contributed by atoms with Gasteiger partial charge < -0.3 is 19.7 Å². The molecule has 0 bridgehead atoms. The Morgan fingerprint density at radius 1 is 0.962 bits per heavy atom. The Kier molecular flexibility index (Phi) is 10.4. The van der Waals surface area contributed by atoms with E-state index in [1.165, 1.54) is 11.7 Å². The van der Waals surface area contributed by atoms with Crippen molar-refractivity contribution in [3.8, 4) is 11.1 Å². The third-order valence-electron chi connectivity index (χ3n) is 9.74. The van der Waals surface area contributed by atoms with Gasteiger partial charge in [-0.15, -0.1) is 0 Å². The van der Waals surface area contributed by atoms with Gasteiger partial charge in [-0.2, -0.15) is 0 Å². The molecule has 0 unspecified atom stereocenters. The molecule has 2 saturated heterocycles. The Morgan fingerprint density at radius 3 is 2.46 bits per heavy atom. The number of anilines is 1. The number of aryl methyl sites for hydroxylation is 1. The number of carbonyl (C=O) groups is 2. The summed E-state index contributed by atoms with van der Waals surface area (Å²) in [7, 11) is 3.03. The standard InChI is InChI=1S/C39H38Cl2N6O5/c1-45-17-24(19-46-12-10-28(48)22-46)14-31(38(45)50)37(49)44-32-8-4-7-30(35(32)41)29-6-3-5-25(34(29)40)15-33-36-26(9-11-42-33)13-23(16-43-36)18-47-20-27(21-47)39(51)52-2/h3-9,11,13-14,16-17,27-28,48H,10,12,15,18-22H2,1-2H3,(H,44,49)/t28-/m1/s1. The van der Waals surface area contributed by atoms with Crippen LogP contribution < -0.4 is 10.9 Å². The zero-order chi connectivity index (χ0) is 36.5. The number of aliphatic hydroxyl groups excluding tert-OH is 1. The van der Waals surface area contributed by atoms with Crippen molar-refractivity contribution >= 4 is 51.7 Å². The summed E-state index contributed by atoms with van der Waals surface area (Å²) in [6.45, 7) is 3.83. The van der Waals surface area contributed by atoms with Crippen LogP contribution in [-0.2, 0) is 36.1 Å². The van der Waals surface area contributed by atoms with Gasteiger partial charge in [0.1, 0.15) is 5.56 Å². The van der Waals surface area contributed by atoms with Gasteiger partial charge >= 0.3 is 5.97 Å². The summed E-state index contributed by atoms with van der Waals surface area (Å²) < 4.78 is 6.25. The number of carbonyl (C=O) groups excluding carboxylic acids is 2. The fourth-order valence-electron chi connectivity index (χ4n) is 7.03. The highest BCUT2D eigenvalue weighted by molar-refractivity contribution is 6.39. The third kappa shape index (κ3) is 7.46. The number of β-amino-alcohol motifs (C(OH)–C–C–N with tert-alkyl or cyclic N) is 1. The van der Waals surface area contributed by atoms with Crippen LogP contribution in [0.3, 0.4) is 0 Å². The molecule has 7 rings (SSSR count). The van der Waals surface area contributed by atoms with Crippen LogP contribution >= 0.6 is 23.2 Å². The SMILES string of the molecule is COC(=O)C1CN(Cc2cnc3c(Cc4cccc(-c5cccc(NC(=O)c6cc(CN7CC[C@@H](O)C7)cn(C)c6=O)c5Cl)c4Cl)nccc3c2)C1. The molecule has 1 atom stereocenters. The molecule has 0 saturated carbocycles. The van der Waals surface area contributed by atoms with Gasteiger partial charge in [-0.05, 0) is 47.4 Å². The Hall–Kier alpha value is -4.65. The largest absolute Gasteiger partial charge is 0.469 e. The molecule has 1 amide bonds. The molecule has 5 heterocycles. The highest BCUT2D eigenvalue weighted by atomic mass is 35.5. The number of likely N-dealkylation sites (tertiary alicyclic amines) is 2. The Balaban J connectivity index is 1.09. The lowest BCUT2D eigenvalue weighted by Gasteiger charge is -2.37. The second kappa shape index (κ2) is 15.1. The van der Waals surface area contributed by atoms with Crippen LogP contribution in [0.25, 0.3) is 22.0 Å². The van der Waals surface area contributed by atoms with E-state index in [9.17, 15) is 19.5 Å². The first kappa shape index (κ1) is 35.7. The van der Waals surface area contributed by atoms with Crippen LogP contribution in [0.15, 0.2) is 78.0 Å². The average molecular weight is 742 g/mol. The number of nitrogens with zero attached hydrogens (tertiary/aromatic N) is 5. The van der Waals surface area contributed by atoms with Crippen molar-refractivity contribution in [1.82, 2.24) is 24.3 Å². The lowest BCUT2D eigenvalue weighted by atomic mass is 9.98. The molecular weight excluding hydrogens is 703 g/mol. The van der Waals surface area contributed by atoms with Crippen LogP contribution in [0.1, 0.15) is 39.2 Å². The number of ether oxygens (including phenoxy) is 1. The molecule has 52 heavy (non-hydrogen) atoms. The lowest BCUT2D eigenvalue weighted by Crippen LogP contribution is -2.49. The van der Waals surface area contributed by atoms with Crippen molar-refractivity contribution in [2.45, 2.75) is 32.0 Å². The number of rotatable bonds is 10. The van der Waals surface area contributed by atoms with Gasteiger partial charge in [0.15, 0.2) is 0 Å². The molecule has 0 radical (unpaired) electrons. The molecule has 2 aliphatic rings. The van der Waals surface area contributed by atoms with Crippen molar-refractivity contribution in [1.29, 1.82) is 0 Å². The summed E-state index contributed by atoms with van der Waals surface area (Å²) >= 11 is 14.0. The van der Waals surface area contributed by atoms with E-state index in [-0.39, 0.29) is 28.6 Å². The molecule has 3 aromatic heterocycles. The molecule has 2 fully saturated rings. The minimum atomic E-state index is -0.573. The smallest absolute Gasteiger partial charge is 0.311 e. The molecule has 0 spiro atoms. The van der Waals surface area contributed by atoms with Gasteiger partial charge in [0, 0.05) is 87.8 Å². The van der Waals surface area contributed by atoms with Crippen LogP contribution in [0.4, 0.5) is 5.69 Å². The first-order valence-corrected chi connectivity index (χ1v) is 17.8. The zero-order valence-corrected chi connectivity index (χ0v) is 30.3. The second-order valence-electron chi connectivity index (χ2n) is 13.5. The van der Waals surface area contributed by atoms with Crippen LogP contribution in [-0.4, -0.2) is 80.7 Å². The predicted octanol–water partition coefficient (Wildman–Crippen LogP) is 5.32. The fourth-order valence-corrected chi connectivity index (χ4v) is 7.60. The fraction of sp³-hybridized carbons (Fsp3) is 0.308. The van der Waals surface area contributed by atoms with E-state index < -0.39 is 11.5 Å². The number of hydrogen-bond acceptors (Lipinski definition) is 9. The molecule has 268 valence electrons. The van der Waals surface area contributed by atoms with E-state index >= 15 is 0 Å². The van der Waals surface area contributed by atoms with E-state index in [1.807, 2.05) is 36.5 Å². The summed E-state index contributed by atoms with van der Waals surface area (Å²) in [6.07, 6.45) is 6.08. The molecule has 2 aromatic carbocycles. The van der Waals surface area contributed by atoms with E-state index in [0.717, 1.165) is 39.8 Å². The number of halogens is 2. The van der Waals surface area contributed by atoms with Crippen LogP contribution in [0, 0.1) is 5.92 Å². The summed E-state index contributed by atoms with van der Waals surface area (Å²) in [6, 6.07) is 16.6. The second-order valence-corrected chi connectivity index (χ2v) is 14.3. The maximum atomic E-state index is 13.5. The van der Waals surface area contributed by atoms with Gasteiger partial charge in [0.05, 0.1) is 46.1 Å². The van der Waals surface area contributed by atoms with Gasteiger partial charge in [0.25, 0.3) is 11.5 Å². The summed E-state index contributed by atoms with van der Waals surface area (Å²) in [4.78, 5) is 52.0. The first-order chi connectivity index (χ1) is 25.1. The number of fused-ring (bicyclic) bond motifs is 1. The predicted molar refractivity (Wildman–Crippen MR) is 201 cm³/mol. The van der Waals surface area contributed by atoms with Crippen LogP contribution in [0.5, 0.6) is 0 Å². The van der Waals surface area contributed by atoms with Crippen molar-refractivity contribution in [3.05, 3.63) is 122 Å². The Morgan fingerprint density at radius 2 is 1.71 bits per heavy atom. The minimum absolute atomic E-state index is 0.00249. The molecule has 2 aliphatic heterocycles.